The van der Waals surface area contributed by atoms with Gasteiger partial charge in [-0.2, -0.15) is 5.10 Å². The zero-order valence-corrected chi connectivity index (χ0v) is 22.9. The summed E-state index contributed by atoms with van der Waals surface area (Å²) >= 11 is 0. The van der Waals surface area contributed by atoms with Gasteiger partial charge in [-0.15, -0.1) is 0 Å². The molecule has 2 unspecified atom stereocenters. The van der Waals surface area contributed by atoms with Crippen LogP contribution < -0.4 is 15.1 Å². The van der Waals surface area contributed by atoms with Gasteiger partial charge in [0.1, 0.15) is 17.5 Å². The first-order chi connectivity index (χ1) is 19.5. The Bertz CT molecular complexity index is 1630. The molecule has 3 aliphatic rings. The van der Waals surface area contributed by atoms with Crippen molar-refractivity contribution < 1.29 is 0 Å². The molecule has 3 aliphatic heterocycles. The molecule has 2 atom stereocenters. The Kier molecular flexibility index (Phi) is 6.04. The third-order valence-corrected chi connectivity index (χ3v) is 7.86. The molecule has 10 nitrogen and oxygen atoms in total. The Hall–Kier alpha value is -4.57. The minimum Gasteiger partial charge on any atom is -0.363 e. The molecular formula is C30H32N10. The summed E-state index contributed by atoms with van der Waals surface area (Å²) in [5.74, 6) is 4.07. The van der Waals surface area contributed by atoms with Crippen molar-refractivity contribution in [1.82, 2.24) is 35.0 Å². The number of aromatic amines is 1. The highest BCUT2D eigenvalue weighted by Gasteiger charge is 2.44. The molecular weight excluding hydrogens is 500 g/mol. The third-order valence-electron chi connectivity index (χ3n) is 7.86. The molecule has 7 heterocycles. The lowest BCUT2D eigenvalue weighted by molar-refractivity contribution is -0.00875. The molecule has 202 valence electrons. The number of anilines is 4. The highest BCUT2D eigenvalue weighted by atomic mass is 15.4. The standard InChI is InChI=1S/C30H32N10/c1-19-12-26(37-36-19)34-30-24-6-4-5-7-25(24)33-29(35-30)21-9-11-28(32-15-21)39-17-22-13-23(18-39)40(22)16-20-8-10-27(31-14-20)38(2)3/h4-12,14-15,22-23H,13,16-18H2,1-3H3,(H2,33,34,35,36,37). The number of piperazine rings is 1. The summed E-state index contributed by atoms with van der Waals surface area (Å²) in [6.07, 6.45) is 5.14. The molecule has 10 heteroatoms. The molecule has 0 spiro atoms. The number of para-hydroxylation sites is 1. The Morgan fingerprint density at radius 2 is 1.82 bits per heavy atom. The van der Waals surface area contributed by atoms with Gasteiger partial charge in [-0.05, 0) is 49.2 Å². The van der Waals surface area contributed by atoms with Crippen molar-refractivity contribution in [3.05, 3.63) is 78.2 Å². The number of fused-ring (bicyclic) bond motifs is 3. The first-order valence-electron chi connectivity index (χ1n) is 13.7. The van der Waals surface area contributed by atoms with Crippen molar-refractivity contribution in [1.29, 1.82) is 0 Å². The smallest absolute Gasteiger partial charge is 0.163 e. The molecule has 3 fully saturated rings. The summed E-state index contributed by atoms with van der Waals surface area (Å²) in [6.45, 7) is 4.88. The van der Waals surface area contributed by atoms with E-state index in [-0.39, 0.29) is 0 Å². The molecule has 0 amide bonds. The van der Waals surface area contributed by atoms with E-state index < -0.39 is 0 Å². The van der Waals surface area contributed by atoms with Crippen LogP contribution in [0.3, 0.4) is 0 Å². The minimum atomic E-state index is 0.539. The van der Waals surface area contributed by atoms with Crippen LogP contribution in [0.25, 0.3) is 22.3 Å². The van der Waals surface area contributed by atoms with E-state index in [1.165, 1.54) is 12.0 Å². The molecule has 0 saturated carbocycles. The Morgan fingerprint density at radius 1 is 0.975 bits per heavy atom. The van der Waals surface area contributed by atoms with Crippen molar-refractivity contribution in [3.63, 3.8) is 0 Å². The van der Waals surface area contributed by atoms with Crippen LogP contribution in [0.5, 0.6) is 0 Å². The third kappa shape index (κ3) is 4.60. The maximum absolute atomic E-state index is 4.86. The number of aromatic nitrogens is 6. The predicted octanol–water partition coefficient (Wildman–Crippen LogP) is 4.39. The number of hydrogen-bond acceptors (Lipinski definition) is 9. The Morgan fingerprint density at radius 3 is 2.52 bits per heavy atom. The van der Waals surface area contributed by atoms with Crippen LogP contribution in [-0.2, 0) is 6.54 Å². The highest BCUT2D eigenvalue weighted by Crippen LogP contribution is 2.36. The summed E-state index contributed by atoms with van der Waals surface area (Å²) in [5.41, 5.74) is 4.00. The fourth-order valence-electron chi connectivity index (χ4n) is 5.73. The second kappa shape index (κ2) is 9.87. The van der Waals surface area contributed by atoms with Crippen LogP contribution in [0.4, 0.5) is 23.3 Å². The molecule has 8 rings (SSSR count). The lowest BCUT2D eigenvalue weighted by Crippen LogP contribution is -2.68. The van der Waals surface area contributed by atoms with Gasteiger partial charge in [0, 0.05) is 80.9 Å². The second-order valence-electron chi connectivity index (χ2n) is 10.9. The highest BCUT2D eigenvalue weighted by molar-refractivity contribution is 5.92. The SMILES string of the molecule is Cc1cc(Nc2nc(-c3ccc(N4CC5CC(C4)N5Cc4ccc(N(C)C)nc4)nc3)nc3ccccc23)n[nH]1. The van der Waals surface area contributed by atoms with E-state index in [9.17, 15) is 0 Å². The number of H-pyrrole nitrogens is 1. The van der Waals surface area contributed by atoms with E-state index in [4.69, 9.17) is 15.0 Å². The second-order valence-corrected chi connectivity index (χ2v) is 10.9. The van der Waals surface area contributed by atoms with Crippen LogP contribution in [0.1, 0.15) is 17.7 Å². The van der Waals surface area contributed by atoms with Crippen LogP contribution in [-0.4, -0.2) is 74.3 Å². The van der Waals surface area contributed by atoms with Gasteiger partial charge in [-0.25, -0.2) is 19.9 Å². The van der Waals surface area contributed by atoms with E-state index >= 15 is 0 Å². The van der Waals surface area contributed by atoms with E-state index in [0.717, 1.165) is 65.1 Å². The van der Waals surface area contributed by atoms with Gasteiger partial charge in [0.25, 0.3) is 0 Å². The average Bonchev–Trinajstić information content (AvgIpc) is 3.40. The predicted molar refractivity (Wildman–Crippen MR) is 158 cm³/mol. The fraction of sp³-hybridized carbons (Fsp3) is 0.300. The van der Waals surface area contributed by atoms with E-state index in [1.807, 2.05) is 68.6 Å². The summed E-state index contributed by atoms with van der Waals surface area (Å²) in [4.78, 5) is 26.2. The van der Waals surface area contributed by atoms with Gasteiger partial charge >= 0.3 is 0 Å². The van der Waals surface area contributed by atoms with Gasteiger partial charge in [0.15, 0.2) is 11.6 Å². The zero-order chi connectivity index (χ0) is 27.2. The van der Waals surface area contributed by atoms with Crippen molar-refractivity contribution in [2.24, 2.45) is 0 Å². The molecule has 4 aromatic heterocycles. The van der Waals surface area contributed by atoms with Gasteiger partial charge in [0.05, 0.1) is 5.52 Å². The lowest BCUT2D eigenvalue weighted by atomic mass is 9.87. The summed E-state index contributed by atoms with van der Waals surface area (Å²) < 4.78 is 0. The summed E-state index contributed by atoms with van der Waals surface area (Å²) in [5, 5.41) is 11.6. The van der Waals surface area contributed by atoms with Crippen molar-refractivity contribution >= 4 is 34.2 Å². The number of aryl methyl sites for hydroxylation is 1. The molecule has 5 aromatic rings. The number of nitrogens with one attached hydrogen (secondary N) is 2. The number of piperidine rings is 1. The van der Waals surface area contributed by atoms with Crippen molar-refractivity contribution in [2.45, 2.75) is 32.0 Å². The van der Waals surface area contributed by atoms with Crippen LogP contribution in [0.15, 0.2) is 67.0 Å². The van der Waals surface area contributed by atoms with Crippen LogP contribution in [0, 0.1) is 6.92 Å². The molecule has 3 saturated heterocycles. The van der Waals surface area contributed by atoms with E-state index in [0.29, 0.717) is 17.9 Å². The normalized spacial score (nSPS) is 18.5. The topological polar surface area (TPSA) is 102 Å². The minimum absolute atomic E-state index is 0.539. The lowest BCUT2D eigenvalue weighted by Gasteiger charge is -2.56. The van der Waals surface area contributed by atoms with Crippen molar-refractivity contribution in [3.8, 4) is 11.4 Å². The fourth-order valence-corrected chi connectivity index (χ4v) is 5.73. The molecule has 2 N–H and O–H groups in total. The number of hydrogen-bond donors (Lipinski definition) is 2. The average molecular weight is 533 g/mol. The van der Waals surface area contributed by atoms with Gasteiger partial charge in [-0.1, -0.05) is 18.2 Å². The van der Waals surface area contributed by atoms with Crippen LogP contribution >= 0.6 is 0 Å². The molecule has 1 aromatic carbocycles. The number of rotatable bonds is 7. The molecule has 0 radical (unpaired) electrons. The quantitative estimate of drug-likeness (QED) is 0.316. The monoisotopic (exact) mass is 532 g/mol. The van der Waals surface area contributed by atoms with Crippen molar-refractivity contribution in [2.75, 3.05) is 42.3 Å². The van der Waals surface area contributed by atoms with Crippen LogP contribution in [0.2, 0.25) is 0 Å². The van der Waals surface area contributed by atoms with Gasteiger partial charge in [0.2, 0.25) is 0 Å². The number of nitrogens with zero attached hydrogens (tertiary/aromatic N) is 8. The first-order valence-corrected chi connectivity index (χ1v) is 13.7. The molecule has 2 bridgehead atoms. The number of pyridine rings is 2. The summed E-state index contributed by atoms with van der Waals surface area (Å²) in [7, 11) is 4.04. The van der Waals surface area contributed by atoms with Gasteiger partial charge in [-0.3, -0.25) is 10.00 Å². The first kappa shape index (κ1) is 24.5. The summed E-state index contributed by atoms with van der Waals surface area (Å²) in [6, 6.07) is 19.5. The molecule has 0 aliphatic carbocycles. The zero-order valence-electron chi connectivity index (χ0n) is 22.9. The Balaban J connectivity index is 1.06. The maximum atomic E-state index is 4.86. The largest absolute Gasteiger partial charge is 0.363 e. The van der Waals surface area contributed by atoms with E-state index in [1.54, 1.807) is 0 Å². The Labute approximate surface area is 233 Å². The molecule has 40 heavy (non-hydrogen) atoms. The van der Waals surface area contributed by atoms with E-state index in [2.05, 4.69) is 54.6 Å². The number of benzene rings is 1. The van der Waals surface area contributed by atoms with Gasteiger partial charge < -0.3 is 15.1 Å². The maximum Gasteiger partial charge on any atom is 0.163 e.